The molecule has 0 fully saturated rings. The molecule has 0 aromatic heterocycles. The van der Waals surface area contributed by atoms with Crippen molar-refractivity contribution < 1.29 is 14.7 Å². The molecule has 0 radical (unpaired) electrons. The molecule has 1 aromatic rings. The molecule has 4 nitrogen and oxygen atoms in total. The first-order valence-corrected chi connectivity index (χ1v) is 6.34. The molecule has 1 rings (SSSR count). The minimum atomic E-state index is -1.00. The van der Waals surface area contributed by atoms with Gasteiger partial charge in [-0.25, -0.2) is 4.79 Å². The zero-order valence-corrected chi connectivity index (χ0v) is 11.3. The van der Waals surface area contributed by atoms with Gasteiger partial charge in [0, 0.05) is 18.2 Å². The van der Waals surface area contributed by atoms with E-state index >= 15 is 0 Å². The Morgan fingerprint density at radius 2 is 2.11 bits per heavy atom. The average molecular weight is 261 g/mol. The lowest BCUT2D eigenvalue weighted by molar-refractivity contribution is -0.131. The number of unbranched alkanes of at least 4 members (excludes halogenated alkanes) is 1. The topological polar surface area (TPSA) is 66.4 Å². The SMILES string of the molecule is CCCCNC(=O)c1ccc(C)c(/C=C/C(=O)O)c1. The fraction of sp³-hybridized carbons (Fsp3) is 0.333. The van der Waals surface area contributed by atoms with Gasteiger partial charge in [-0.15, -0.1) is 0 Å². The molecule has 1 amide bonds. The zero-order chi connectivity index (χ0) is 14.3. The van der Waals surface area contributed by atoms with Crippen LogP contribution >= 0.6 is 0 Å². The third-order valence-electron chi connectivity index (χ3n) is 2.76. The molecule has 0 heterocycles. The van der Waals surface area contributed by atoms with Gasteiger partial charge >= 0.3 is 5.97 Å². The number of hydrogen-bond donors (Lipinski definition) is 2. The van der Waals surface area contributed by atoms with E-state index in [1.54, 1.807) is 12.1 Å². The minimum Gasteiger partial charge on any atom is -0.478 e. The first kappa shape index (κ1) is 15.0. The molecule has 1 aromatic carbocycles. The smallest absolute Gasteiger partial charge is 0.328 e. The van der Waals surface area contributed by atoms with Crippen LogP contribution in [0.2, 0.25) is 0 Å². The van der Waals surface area contributed by atoms with Crippen LogP contribution in [0.25, 0.3) is 6.08 Å². The van der Waals surface area contributed by atoms with Gasteiger partial charge in [-0.3, -0.25) is 4.79 Å². The monoisotopic (exact) mass is 261 g/mol. The first-order chi connectivity index (χ1) is 9.04. The molecule has 0 aliphatic heterocycles. The zero-order valence-electron chi connectivity index (χ0n) is 11.3. The molecule has 0 atom stereocenters. The van der Waals surface area contributed by atoms with Crippen LogP contribution in [0.3, 0.4) is 0 Å². The van der Waals surface area contributed by atoms with E-state index in [4.69, 9.17) is 5.11 Å². The maximum atomic E-state index is 11.9. The Hall–Kier alpha value is -2.10. The van der Waals surface area contributed by atoms with Gasteiger partial charge in [0.05, 0.1) is 0 Å². The van der Waals surface area contributed by atoms with Crippen molar-refractivity contribution in [1.82, 2.24) is 5.32 Å². The van der Waals surface area contributed by atoms with E-state index < -0.39 is 5.97 Å². The van der Waals surface area contributed by atoms with E-state index in [0.717, 1.165) is 30.0 Å². The molecule has 0 unspecified atom stereocenters. The molecule has 0 aliphatic rings. The van der Waals surface area contributed by atoms with Gasteiger partial charge in [-0.1, -0.05) is 19.4 Å². The Kier molecular flexibility index (Phi) is 5.79. The second-order valence-electron chi connectivity index (χ2n) is 4.35. The van der Waals surface area contributed by atoms with E-state index in [9.17, 15) is 9.59 Å². The van der Waals surface area contributed by atoms with Gasteiger partial charge in [-0.05, 0) is 42.7 Å². The van der Waals surface area contributed by atoms with E-state index in [1.165, 1.54) is 6.08 Å². The van der Waals surface area contributed by atoms with Gasteiger partial charge < -0.3 is 10.4 Å². The molecular formula is C15H19NO3. The van der Waals surface area contributed by atoms with E-state index in [1.807, 2.05) is 13.0 Å². The summed E-state index contributed by atoms with van der Waals surface area (Å²) in [7, 11) is 0. The Morgan fingerprint density at radius 1 is 1.37 bits per heavy atom. The van der Waals surface area contributed by atoms with Gasteiger partial charge in [0.15, 0.2) is 0 Å². The van der Waals surface area contributed by atoms with Crippen LogP contribution in [-0.4, -0.2) is 23.5 Å². The third-order valence-corrected chi connectivity index (χ3v) is 2.76. The second-order valence-corrected chi connectivity index (χ2v) is 4.35. The Labute approximate surface area is 113 Å². The lowest BCUT2D eigenvalue weighted by Crippen LogP contribution is -2.24. The summed E-state index contributed by atoms with van der Waals surface area (Å²) in [6.07, 6.45) is 4.55. The summed E-state index contributed by atoms with van der Waals surface area (Å²) in [5, 5.41) is 11.5. The molecule has 19 heavy (non-hydrogen) atoms. The Bertz CT molecular complexity index is 492. The molecule has 2 N–H and O–H groups in total. The van der Waals surface area contributed by atoms with E-state index in [2.05, 4.69) is 12.2 Å². The van der Waals surface area contributed by atoms with Crippen molar-refractivity contribution in [1.29, 1.82) is 0 Å². The normalized spacial score (nSPS) is 10.6. The number of benzene rings is 1. The van der Waals surface area contributed by atoms with Crippen molar-refractivity contribution in [3.63, 3.8) is 0 Å². The summed E-state index contributed by atoms with van der Waals surface area (Å²) in [4.78, 5) is 22.4. The molecule has 0 bridgehead atoms. The number of nitrogens with one attached hydrogen (secondary N) is 1. The second kappa shape index (κ2) is 7.36. The van der Waals surface area contributed by atoms with Crippen LogP contribution in [0, 0.1) is 6.92 Å². The Balaban J connectivity index is 2.83. The standard InChI is InChI=1S/C15H19NO3/c1-3-4-9-16-15(19)13-6-5-11(2)12(10-13)7-8-14(17)18/h5-8,10H,3-4,9H2,1-2H3,(H,16,19)(H,17,18)/b8-7+. The van der Waals surface area contributed by atoms with Crippen LogP contribution < -0.4 is 5.32 Å². The van der Waals surface area contributed by atoms with Crippen LogP contribution in [0.5, 0.6) is 0 Å². The van der Waals surface area contributed by atoms with Gasteiger partial charge in [0.25, 0.3) is 5.91 Å². The van der Waals surface area contributed by atoms with Crippen LogP contribution in [0.15, 0.2) is 24.3 Å². The quantitative estimate of drug-likeness (QED) is 0.611. The van der Waals surface area contributed by atoms with E-state index in [0.29, 0.717) is 12.1 Å². The minimum absolute atomic E-state index is 0.126. The number of carboxylic acid groups (broad SMARTS) is 1. The summed E-state index contributed by atoms with van der Waals surface area (Å²) < 4.78 is 0. The maximum absolute atomic E-state index is 11.9. The highest BCUT2D eigenvalue weighted by Crippen LogP contribution is 2.13. The van der Waals surface area contributed by atoms with Crippen molar-refractivity contribution >= 4 is 18.0 Å². The number of amides is 1. The number of carbonyl (C=O) groups is 2. The van der Waals surface area contributed by atoms with Crippen molar-refractivity contribution in [2.24, 2.45) is 0 Å². The molecule has 0 aliphatic carbocycles. The van der Waals surface area contributed by atoms with Crippen LogP contribution in [0.1, 0.15) is 41.3 Å². The molecule has 4 heteroatoms. The predicted molar refractivity (Wildman–Crippen MR) is 75.1 cm³/mol. The van der Waals surface area contributed by atoms with Crippen molar-refractivity contribution in [2.75, 3.05) is 6.54 Å². The number of aliphatic carboxylic acids is 1. The fourth-order valence-corrected chi connectivity index (χ4v) is 1.60. The summed E-state index contributed by atoms with van der Waals surface area (Å²) in [6, 6.07) is 5.26. The highest BCUT2D eigenvalue weighted by atomic mass is 16.4. The van der Waals surface area contributed by atoms with Crippen LogP contribution in [0.4, 0.5) is 0 Å². The molecule has 0 saturated heterocycles. The highest BCUT2D eigenvalue weighted by molar-refractivity contribution is 5.95. The van der Waals surface area contributed by atoms with Gasteiger partial charge in [0.1, 0.15) is 0 Å². The van der Waals surface area contributed by atoms with Gasteiger partial charge in [0.2, 0.25) is 0 Å². The molecule has 102 valence electrons. The third kappa shape index (κ3) is 4.95. The lowest BCUT2D eigenvalue weighted by atomic mass is 10.0. The molecule has 0 saturated carbocycles. The first-order valence-electron chi connectivity index (χ1n) is 6.34. The maximum Gasteiger partial charge on any atom is 0.328 e. The van der Waals surface area contributed by atoms with E-state index in [-0.39, 0.29) is 5.91 Å². The molecular weight excluding hydrogens is 242 g/mol. The fourth-order valence-electron chi connectivity index (χ4n) is 1.60. The summed E-state index contributed by atoms with van der Waals surface area (Å²) in [5.74, 6) is -1.13. The largest absolute Gasteiger partial charge is 0.478 e. The summed E-state index contributed by atoms with van der Waals surface area (Å²) in [6.45, 7) is 4.59. The van der Waals surface area contributed by atoms with Crippen molar-refractivity contribution in [3.05, 3.63) is 41.0 Å². The predicted octanol–water partition coefficient (Wildman–Crippen LogP) is 2.62. The van der Waals surface area contributed by atoms with Crippen molar-refractivity contribution in [3.8, 4) is 0 Å². The summed E-state index contributed by atoms with van der Waals surface area (Å²) in [5.41, 5.74) is 2.22. The Morgan fingerprint density at radius 3 is 2.74 bits per heavy atom. The highest BCUT2D eigenvalue weighted by Gasteiger charge is 2.06. The van der Waals surface area contributed by atoms with Gasteiger partial charge in [-0.2, -0.15) is 0 Å². The molecule has 0 spiro atoms. The number of carboxylic acids is 1. The lowest BCUT2D eigenvalue weighted by Gasteiger charge is -2.07. The number of hydrogen-bond acceptors (Lipinski definition) is 2. The number of carbonyl (C=O) groups excluding carboxylic acids is 1. The number of rotatable bonds is 6. The van der Waals surface area contributed by atoms with Crippen LogP contribution in [-0.2, 0) is 4.79 Å². The number of aryl methyl sites for hydroxylation is 1. The van der Waals surface area contributed by atoms with Crippen molar-refractivity contribution in [2.45, 2.75) is 26.7 Å². The average Bonchev–Trinajstić information content (AvgIpc) is 2.37. The summed E-state index contributed by atoms with van der Waals surface area (Å²) >= 11 is 0.